The maximum absolute atomic E-state index is 12.5. The third kappa shape index (κ3) is 4.39. The molecule has 5 heterocycles. The van der Waals surface area contributed by atoms with Crippen LogP contribution in [0.3, 0.4) is 0 Å². The molecule has 1 fully saturated rings. The van der Waals surface area contributed by atoms with Crippen LogP contribution in [0.25, 0.3) is 31.4 Å². The highest BCUT2D eigenvalue weighted by molar-refractivity contribution is 7.22. The Morgan fingerprint density at radius 3 is 2.58 bits per heavy atom. The van der Waals surface area contributed by atoms with E-state index in [1.807, 2.05) is 47.8 Å². The summed E-state index contributed by atoms with van der Waals surface area (Å²) in [6.45, 7) is 3.59. The summed E-state index contributed by atoms with van der Waals surface area (Å²) in [5.74, 6) is 1.03. The van der Waals surface area contributed by atoms with Crippen LogP contribution in [0.15, 0.2) is 59.5 Å². The summed E-state index contributed by atoms with van der Waals surface area (Å²) in [7, 11) is 0. The fraction of sp³-hybridized carbons (Fsp3) is 0.231. The lowest BCUT2D eigenvalue weighted by molar-refractivity contribution is -0.135. The number of piperidine rings is 1. The molecule has 2 N–H and O–H groups in total. The molecule has 3 aromatic heterocycles. The number of hydrogen-bond donors (Lipinski definition) is 2. The third-order valence-corrected chi connectivity index (χ3v) is 8.12. The van der Waals surface area contributed by atoms with Gasteiger partial charge in [-0.25, -0.2) is 9.97 Å². The number of anilines is 1. The van der Waals surface area contributed by atoms with Crippen LogP contribution < -0.4 is 15.5 Å². The van der Waals surface area contributed by atoms with Crippen LogP contribution in [-0.4, -0.2) is 46.0 Å². The van der Waals surface area contributed by atoms with Gasteiger partial charge in [-0.2, -0.15) is 5.01 Å². The molecule has 1 saturated heterocycles. The SMILES string of the molecule is CC1=CC(=O)N(Nc2nc(-c3cccs3)nc3sc(-c4ccc(OC5CCNCC5)cc4)cc23)C1=O. The van der Waals surface area contributed by atoms with Gasteiger partial charge < -0.3 is 10.1 Å². The molecule has 6 rings (SSSR count). The smallest absolute Gasteiger partial charge is 0.275 e. The molecule has 0 spiro atoms. The van der Waals surface area contributed by atoms with Crippen LogP contribution in [0.2, 0.25) is 0 Å². The van der Waals surface area contributed by atoms with Crippen LogP contribution in [0.5, 0.6) is 5.75 Å². The van der Waals surface area contributed by atoms with Crippen molar-refractivity contribution >= 4 is 50.5 Å². The Morgan fingerprint density at radius 2 is 1.89 bits per heavy atom. The van der Waals surface area contributed by atoms with Crippen LogP contribution in [0, 0.1) is 0 Å². The normalized spacial score (nSPS) is 16.6. The van der Waals surface area contributed by atoms with Crippen molar-refractivity contribution < 1.29 is 14.3 Å². The molecule has 0 saturated carbocycles. The highest BCUT2D eigenvalue weighted by Crippen LogP contribution is 2.38. The maximum Gasteiger partial charge on any atom is 0.275 e. The van der Waals surface area contributed by atoms with Gasteiger partial charge in [0, 0.05) is 16.5 Å². The number of rotatable bonds is 6. The van der Waals surface area contributed by atoms with Gasteiger partial charge in [0.05, 0.1) is 10.3 Å². The van der Waals surface area contributed by atoms with Crippen molar-refractivity contribution in [3.05, 3.63) is 59.5 Å². The highest BCUT2D eigenvalue weighted by Gasteiger charge is 2.30. The second kappa shape index (κ2) is 9.45. The number of carbonyl (C=O) groups is 2. The van der Waals surface area contributed by atoms with Gasteiger partial charge in [-0.15, -0.1) is 22.7 Å². The van der Waals surface area contributed by atoms with E-state index in [-0.39, 0.29) is 12.0 Å². The molecule has 2 amide bonds. The van der Waals surface area contributed by atoms with Gasteiger partial charge in [-0.3, -0.25) is 15.0 Å². The number of nitrogens with zero attached hydrogens (tertiary/aromatic N) is 3. The number of carbonyl (C=O) groups excluding carboxylic acids is 2. The van der Waals surface area contributed by atoms with Gasteiger partial charge in [0.1, 0.15) is 16.7 Å². The number of thiophene rings is 2. The zero-order valence-corrected chi connectivity index (χ0v) is 21.1. The number of hydrogen-bond acceptors (Lipinski definition) is 9. The first-order valence-electron chi connectivity index (χ1n) is 11.7. The van der Waals surface area contributed by atoms with Gasteiger partial charge in [0.2, 0.25) is 0 Å². The molecule has 0 bridgehead atoms. The molecule has 0 aliphatic carbocycles. The molecule has 36 heavy (non-hydrogen) atoms. The number of nitrogens with one attached hydrogen (secondary N) is 2. The number of imide groups is 1. The highest BCUT2D eigenvalue weighted by atomic mass is 32.1. The predicted molar refractivity (Wildman–Crippen MR) is 142 cm³/mol. The second-order valence-corrected chi connectivity index (χ2v) is 10.7. The molecule has 0 unspecified atom stereocenters. The lowest BCUT2D eigenvalue weighted by Crippen LogP contribution is -2.36. The molecule has 2 aliphatic rings. The minimum Gasteiger partial charge on any atom is -0.490 e. The largest absolute Gasteiger partial charge is 0.490 e. The number of aromatic nitrogens is 2. The van der Waals surface area contributed by atoms with E-state index in [9.17, 15) is 9.59 Å². The molecular weight excluding hydrogens is 494 g/mol. The van der Waals surface area contributed by atoms with E-state index in [1.165, 1.54) is 17.4 Å². The van der Waals surface area contributed by atoms with E-state index in [1.54, 1.807) is 18.3 Å². The quantitative estimate of drug-likeness (QED) is 0.353. The van der Waals surface area contributed by atoms with Gasteiger partial charge in [-0.05, 0) is 80.2 Å². The monoisotopic (exact) mass is 517 g/mol. The lowest BCUT2D eigenvalue weighted by atomic mass is 10.1. The van der Waals surface area contributed by atoms with E-state index in [0.717, 1.165) is 62.2 Å². The first-order valence-corrected chi connectivity index (χ1v) is 13.4. The first kappa shape index (κ1) is 22.8. The zero-order chi connectivity index (χ0) is 24.6. The summed E-state index contributed by atoms with van der Waals surface area (Å²) < 4.78 is 6.14. The third-order valence-electron chi connectivity index (χ3n) is 6.18. The number of hydrazine groups is 1. The van der Waals surface area contributed by atoms with Crippen molar-refractivity contribution in [2.75, 3.05) is 18.5 Å². The van der Waals surface area contributed by atoms with E-state index >= 15 is 0 Å². The minimum atomic E-state index is -0.415. The molecule has 0 radical (unpaired) electrons. The number of amides is 2. The Bertz CT molecular complexity index is 1470. The number of fused-ring (bicyclic) bond motifs is 1. The Morgan fingerprint density at radius 1 is 1.08 bits per heavy atom. The van der Waals surface area contributed by atoms with Crippen LogP contribution in [0.1, 0.15) is 19.8 Å². The molecule has 10 heteroatoms. The molecule has 8 nitrogen and oxygen atoms in total. The average molecular weight is 518 g/mol. The molecule has 4 aromatic rings. The first-order chi connectivity index (χ1) is 17.5. The molecule has 182 valence electrons. The van der Waals surface area contributed by atoms with Crippen molar-refractivity contribution in [2.24, 2.45) is 0 Å². The summed E-state index contributed by atoms with van der Waals surface area (Å²) in [6, 6.07) is 14.0. The molecular formula is C26H23N5O3S2. The van der Waals surface area contributed by atoms with Crippen molar-refractivity contribution in [2.45, 2.75) is 25.9 Å². The molecule has 0 atom stereocenters. The second-order valence-electron chi connectivity index (χ2n) is 8.71. The fourth-order valence-electron chi connectivity index (χ4n) is 4.27. The van der Waals surface area contributed by atoms with Gasteiger partial charge >= 0.3 is 0 Å². The summed E-state index contributed by atoms with van der Waals surface area (Å²) >= 11 is 3.07. The maximum atomic E-state index is 12.5. The fourth-order valence-corrected chi connectivity index (χ4v) is 5.96. The van der Waals surface area contributed by atoms with E-state index < -0.39 is 5.91 Å². The topological polar surface area (TPSA) is 96.5 Å². The molecule has 1 aromatic carbocycles. The minimum absolute atomic E-state index is 0.246. The van der Waals surface area contributed by atoms with Gasteiger partial charge in [-0.1, -0.05) is 6.07 Å². The van der Waals surface area contributed by atoms with Gasteiger partial charge in [0.15, 0.2) is 11.6 Å². The Labute approximate surface area is 215 Å². The van der Waals surface area contributed by atoms with Crippen LogP contribution >= 0.6 is 22.7 Å². The van der Waals surface area contributed by atoms with Crippen LogP contribution in [-0.2, 0) is 9.59 Å². The zero-order valence-electron chi connectivity index (χ0n) is 19.5. The van der Waals surface area contributed by atoms with Crippen molar-refractivity contribution in [3.63, 3.8) is 0 Å². The predicted octanol–water partition coefficient (Wildman–Crippen LogP) is 4.86. The van der Waals surface area contributed by atoms with E-state index in [0.29, 0.717) is 17.2 Å². The average Bonchev–Trinajstić information content (AvgIpc) is 3.62. The van der Waals surface area contributed by atoms with E-state index in [4.69, 9.17) is 9.72 Å². The van der Waals surface area contributed by atoms with Crippen molar-refractivity contribution in [1.82, 2.24) is 20.3 Å². The molecule has 2 aliphatic heterocycles. The lowest BCUT2D eigenvalue weighted by Gasteiger charge is -2.23. The van der Waals surface area contributed by atoms with Crippen molar-refractivity contribution in [1.29, 1.82) is 0 Å². The Hall–Kier alpha value is -3.60. The Kier molecular flexibility index (Phi) is 6.00. The number of ether oxygens (including phenoxy) is 1. The van der Waals surface area contributed by atoms with Crippen LogP contribution in [0.4, 0.5) is 5.82 Å². The van der Waals surface area contributed by atoms with Crippen molar-refractivity contribution in [3.8, 4) is 26.9 Å². The van der Waals surface area contributed by atoms with Gasteiger partial charge in [0.25, 0.3) is 11.8 Å². The number of benzene rings is 1. The summed E-state index contributed by atoms with van der Waals surface area (Å²) in [5.41, 5.74) is 4.37. The van der Waals surface area contributed by atoms with E-state index in [2.05, 4.69) is 15.7 Å². The standard InChI is InChI=1S/C26H23N5O3S2/c1-15-13-22(32)31(26(15)33)30-23-19-14-21(36-25(19)29-24(28-23)20-3-2-12-35-20)16-4-6-17(7-5-16)34-18-8-10-27-11-9-18/h2-7,12-14,18,27H,8-11H2,1H3,(H,28,29,30). The summed E-state index contributed by atoms with van der Waals surface area (Å²) in [4.78, 5) is 37.0. The summed E-state index contributed by atoms with van der Waals surface area (Å²) in [6.07, 6.45) is 3.59. The Balaban J connectivity index is 1.34. The summed E-state index contributed by atoms with van der Waals surface area (Å²) in [5, 5.41) is 7.06.